The van der Waals surface area contributed by atoms with Crippen molar-refractivity contribution in [2.45, 2.75) is 32.5 Å². The summed E-state index contributed by atoms with van der Waals surface area (Å²) >= 11 is 12.7. The van der Waals surface area contributed by atoms with Gasteiger partial charge in [-0.25, -0.2) is 0 Å². The molecule has 1 aliphatic rings. The number of benzene rings is 3. The molecule has 0 spiro atoms. The first-order chi connectivity index (χ1) is 13.4. The number of fused-ring (bicyclic) bond motifs is 1. The fourth-order valence-corrected chi connectivity index (χ4v) is 3.58. The van der Waals surface area contributed by atoms with Gasteiger partial charge < -0.3 is 14.2 Å². The normalized spacial score (nSPS) is 14.3. The Morgan fingerprint density at radius 3 is 2.54 bits per heavy atom. The second kappa shape index (κ2) is 7.57. The van der Waals surface area contributed by atoms with Crippen LogP contribution in [0.15, 0.2) is 60.7 Å². The van der Waals surface area contributed by atoms with Crippen LogP contribution in [0, 0.1) is 0 Å². The molecule has 1 heterocycles. The van der Waals surface area contributed by atoms with E-state index in [1.54, 1.807) is 12.1 Å². The Bertz CT molecular complexity index is 1000. The van der Waals surface area contributed by atoms with E-state index in [0.29, 0.717) is 33.9 Å². The van der Waals surface area contributed by atoms with Crippen molar-refractivity contribution in [2.24, 2.45) is 0 Å². The highest BCUT2D eigenvalue weighted by Crippen LogP contribution is 2.44. The van der Waals surface area contributed by atoms with Gasteiger partial charge in [0.25, 0.3) is 0 Å². The maximum Gasteiger partial charge on any atom is 0.151 e. The topological polar surface area (TPSA) is 27.7 Å². The molecule has 144 valence electrons. The van der Waals surface area contributed by atoms with Crippen LogP contribution in [0.4, 0.5) is 0 Å². The fourth-order valence-electron chi connectivity index (χ4n) is 3.23. The van der Waals surface area contributed by atoms with Crippen molar-refractivity contribution in [3.63, 3.8) is 0 Å². The minimum absolute atomic E-state index is 0.260. The lowest BCUT2D eigenvalue weighted by molar-refractivity contribution is 0.138. The first kappa shape index (κ1) is 19.0. The lowest BCUT2D eigenvalue weighted by Gasteiger charge is -2.16. The van der Waals surface area contributed by atoms with E-state index in [2.05, 4.69) is 13.8 Å². The zero-order valence-electron chi connectivity index (χ0n) is 15.7. The predicted molar refractivity (Wildman–Crippen MR) is 112 cm³/mol. The van der Waals surface area contributed by atoms with Crippen molar-refractivity contribution in [2.75, 3.05) is 0 Å². The Morgan fingerprint density at radius 1 is 0.964 bits per heavy atom. The van der Waals surface area contributed by atoms with Crippen LogP contribution in [-0.2, 0) is 13.0 Å². The highest BCUT2D eigenvalue weighted by Gasteiger charge is 2.32. The van der Waals surface area contributed by atoms with E-state index in [4.69, 9.17) is 37.4 Å². The van der Waals surface area contributed by atoms with Crippen molar-refractivity contribution < 1.29 is 14.2 Å². The molecular weight excluding hydrogens is 395 g/mol. The van der Waals surface area contributed by atoms with E-state index >= 15 is 0 Å². The van der Waals surface area contributed by atoms with Crippen LogP contribution >= 0.6 is 23.2 Å². The molecule has 0 N–H and O–H groups in total. The smallest absolute Gasteiger partial charge is 0.151 e. The molecule has 0 saturated heterocycles. The van der Waals surface area contributed by atoms with Gasteiger partial charge in [0.05, 0.1) is 5.02 Å². The van der Waals surface area contributed by atoms with Crippen LogP contribution in [-0.4, -0.2) is 5.60 Å². The molecule has 3 nitrogen and oxygen atoms in total. The molecule has 1 aliphatic heterocycles. The first-order valence-corrected chi connectivity index (χ1v) is 9.81. The van der Waals surface area contributed by atoms with Crippen LogP contribution in [0.3, 0.4) is 0 Å². The fraction of sp³-hybridized carbons (Fsp3) is 0.217. The standard InChI is InChI=1S/C23H20Cl2O3/c1-23(2)13-17-19(9-6-10-20(17)28-23)27-21-12-16(11-18(24)22(21)25)26-14-15-7-4-3-5-8-15/h3-12H,13-14H2,1-2H3. The Kier molecular flexibility index (Phi) is 5.13. The van der Waals surface area contributed by atoms with Crippen LogP contribution in [0.2, 0.25) is 10.0 Å². The summed E-state index contributed by atoms with van der Waals surface area (Å²) in [5, 5.41) is 0.732. The maximum atomic E-state index is 6.40. The Labute approximate surface area is 174 Å². The van der Waals surface area contributed by atoms with Gasteiger partial charge in [-0.3, -0.25) is 0 Å². The molecule has 4 rings (SSSR count). The van der Waals surface area contributed by atoms with Crippen LogP contribution in [0.1, 0.15) is 25.0 Å². The summed E-state index contributed by atoms with van der Waals surface area (Å²) in [6.07, 6.45) is 0.758. The van der Waals surface area contributed by atoms with Crippen molar-refractivity contribution in [3.05, 3.63) is 81.8 Å². The van der Waals surface area contributed by atoms with Gasteiger partial charge in [-0.15, -0.1) is 0 Å². The van der Waals surface area contributed by atoms with Gasteiger partial charge in [0.2, 0.25) is 0 Å². The Morgan fingerprint density at radius 2 is 1.75 bits per heavy atom. The highest BCUT2D eigenvalue weighted by atomic mass is 35.5. The van der Waals surface area contributed by atoms with E-state index in [1.807, 2.05) is 48.5 Å². The van der Waals surface area contributed by atoms with Crippen LogP contribution < -0.4 is 14.2 Å². The van der Waals surface area contributed by atoms with E-state index in [-0.39, 0.29) is 5.60 Å². The predicted octanol–water partition coefficient (Wildman–Crippen LogP) is 7.08. The molecule has 0 fully saturated rings. The Balaban J connectivity index is 1.59. The van der Waals surface area contributed by atoms with E-state index < -0.39 is 0 Å². The van der Waals surface area contributed by atoms with E-state index in [1.165, 1.54) is 0 Å². The molecule has 0 unspecified atom stereocenters. The summed E-state index contributed by atoms with van der Waals surface area (Å²) in [6, 6.07) is 19.1. The lowest BCUT2D eigenvalue weighted by Crippen LogP contribution is -2.24. The second-order valence-electron chi connectivity index (χ2n) is 7.36. The zero-order valence-corrected chi connectivity index (χ0v) is 17.2. The van der Waals surface area contributed by atoms with Crippen molar-refractivity contribution in [3.8, 4) is 23.0 Å². The quantitative estimate of drug-likeness (QED) is 0.446. The van der Waals surface area contributed by atoms with Gasteiger partial charge in [0, 0.05) is 24.1 Å². The summed E-state index contributed by atoms with van der Waals surface area (Å²) in [5.74, 6) is 2.59. The average Bonchev–Trinajstić information content (AvgIpc) is 2.99. The molecule has 0 aliphatic carbocycles. The molecule has 0 saturated carbocycles. The van der Waals surface area contributed by atoms with E-state index in [0.717, 1.165) is 23.3 Å². The number of hydrogen-bond acceptors (Lipinski definition) is 3. The molecule has 28 heavy (non-hydrogen) atoms. The van der Waals surface area contributed by atoms with Crippen molar-refractivity contribution in [1.29, 1.82) is 0 Å². The molecule has 0 bridgehead atoms. The largest absolute Gasteiger partial charge is 0.489 e. The van der Waals surface area contributed by atoms with Gasteiger partial charge in [0.15, 0.2) is 5.75 Å². The van der Waals surface area contributed by atoms with Gasteiger partial charge in [-0.2, -0.15) is 0 Å². The third-order valence-electron chi connectivity index (χ3n) is 4.52. The first-order valence-electron chi connectivity index (χ1n) is 9.06. The summed E-state index contributed by atoms with van der Waals surface area (Å²) < 4.78 is 18.0. The van der Waals surface area contributed by atoms with Crippen LogP contribution in [0.25, 0.3) is 0 Å². The third kappa shape index (κ3) is 4.06. The lowest BCUT2D eigenvalue weighted by atomic mass is 10.0. The zero-order chi connectivity index (χ0) is 19.7. The Hall–Kier alpha value is -2.36. The minimum Gasteiger partial charge on any atom is -0.489 e. The van der Waals surface area contributed by atoms with Gasteiger partial charge >= 0.3 is 0 Å². The molecule has 0 amide bonds. The number of halogens is 2. The van der Waals surface area contributed by atoms with E-state index in [9.17, 15) is 0 Å². The molecule has 0 aromatic heterocycles. The summed E-state index contributed by atoms with van der Waals surface area (Å²) in [7, 11) is 0. The third-order valence-corrected chi connectivity index (χ3v) is 5.30. The van der Waals surface area contributed by atoms with Gasteiger partial charge in [-0.1, -0.05) is 59.6 Å². The van der Waals surface area contributed by atoms with Crippen molar-refractivity contribution in [1.82, 2.24) is 0 Å². The van der Waals surface area contributed by atoms with Gasteiger partial charge in [-0.05, 0) is 31.5 Å². The molecule has 3 aromatic rings. The van der Waals surface area contributed by atoms with Gasteiger partial charge in [0.1, 0.15) is 34.5 Å². The molecular formula is C23H20Cl2O3. The molecule has 0 radical (unpaired) electrons. The molecule has 5 heteroatoms. The SMILES string of the molecule is CC1(C)Cc2c(Oc3cc(OCc4ccccc4)cc(Cl)c3Cl)cccc2O1. The highest BCUT2D eigenvalue weighted by molar-refractivity contribution is 6.43. The monoisotopic (exact) mass is 414 g/mol. The number of hydrogen-bond donors (Lipinski definition) is 0. The summed E-state index contributed by atoms with van der Waals surface area (Å²) in [4.78, 5) is 0. The van der Waals surface area contributed by atoms with Crippen LogP contribution in [0.5, 0.6) is 23.0 Å². The molecule has 0 atom stereocenters. The molecule has 3 aromatic carbocycles. The summed E-state index contributed by atoms with van der Waals surface area (Å²) in [5.41, 5.74) is 1.83. The summed E-state index contributed by atoms with van der Waals surface area (Å²) in [6.45, 7) is 4.54. The average molecular weight is 415 g/mol. The maximum absolute atomic E-state index is 6.40. The number of rotatable bonds is 5. The number of ether oxygens (including phenoxy) is 3. The second-order valence-corrected chi connectivity index (χ2v) is 8.15. The van der Waals surface area contributed by atoms with Crippen molar-refractivity contribution >= 4 is 23.2 Å². The minimum atomic E-state index is -0.260.